The van der Waals surface area contributed by atoms with E-state index in [1.165, 1.54) is 12.8 Å². The second-order valence-electron chi connectivity index (χ2n) is 5.99. The molecular formula is C13H26. The fourth-order valence-electron chi connectivity index (χ4n) is 2.08. The summed E-state index contributed by atoms with van der Waals surface area (Å²) in [7, 11) is 0. The molecule has 0 radical (unpaired) electrons. The zero-order chi connectivity index (χ0) is 10.5. The van der Waals surface area contributed by atoms with Crippen LogP contribution in [0.5, 0.6) is 0 Å². The van der Waals surface area contributed by atoms with Crippen LogP contribution in [0.2, 0.25) is 0 Å². The van der Waals surface area contributed by atoms with E-state index >= 15 is 0 Å². The molecule has 0 bridgehead atoms. The summed E-state index contributed by atoms with van der Waals surface area (Å²) >= 11 is 0. The van der Waals surface area contributed by atoms with Gasteiger partial charge in [-0.15, -0.1) is 0 Å². The zero-order valence-electron chi connectivity index (χ0n) is 10.3. The van der Waals surface area contributed by atoms with Crippen molar-refractivity contribution >= 4 is 0 Å². The molecule has 0 unspecified atom stereocenters. The molecule has 0 aromatic heterocycles. The lowest BCUT2D eigenvalue weighted by molar-refractivity contribution is 0.215. The predicted molar refractivity (Wildman–Crippen MR) is 61.9 cm³/mol. The lowest BCUT2D eigenvalue weighted by Gasteiger charge is -2.31. The highest BCUT2D eigenvalue weighted by atomic mass is 14.3. The molecule has 0 heteroatoms. The van der Waals surface area contributed by atoms with Crippen LogP contribution in [0.1, 0.15) is 60.8 Å². The molecule has 0 N–H and O–H groups in total. The Hall–Kier alpha value is -0.260. The third kappa shape index (κ3) is 8.08. The van der Waals surface area contributed by atoms with Crippen LogP contribution in [0.15, 0.2) is 12.2 Å². The van der Waals surface area contributed by atoms with Gasteiger partial charge >= 0.3 is 0 Å². The van der Waals surface area contributed by atoms with Gasteiger partial charge in [0.25, 0.3) is 0 Å². The summed E-state index contributed by atoms with van der Waals surface area (Å²) in [4.78, 5) is 0. The van der Waals surface area contributed by atoms with Crippen LogP contribution in [0, 0.1) is 10.8 Å². The molecule has 0 fully saturated rings. The van der Waals surface area contributed by atoms with Crippen molar-refractivity contribution in [2.75, 3.05) is 0 Å². The van der Waals surface area contributed by atoms with Gasteiger partial charge in [-0.1, -0.05) is 53.7 Å². The van der Waals surface area contributed by atoms with Crippen molar-refractivity contribution in [3.63, 3.8) is 0 Å². The molecule has 0 atom stereocenters. The average Bonchev–Trinajstić information content (AvgIpc) is 1.81. The van der Waals surface area contributed by atoms with Crippen LogP contribution in [0.4, 0.5) is 0 Å². The van der Waals surface area contributed by atoms with Crippen molar-refractivity contribution < 1.29 is 0 Å². The van der Waals surface area contributed by atoms with Gasteiger partial charge < -0.3 is 0 Å². The molecule has 0 heterocycles. The van der Waals surface area contributed by atoms with Crippen LogP contribution >= 0.6 is 0 Å². The maximum Gasteiger partial charge on any atom is -0.0299 e. The van der Waals surface area contributed by atoms with Gasteiger partial charge in [-0.25, -0.2) is 0 Å². The van der Waals surface area contributed by atoms with Gasteiger partial charge in [0.1, 0.15) is 0 Å². The van der Waals surface area contributed by atoms with Gasteiger partial charge in [0.05, 0.1) is 0 Å². The molecule has 0 amide bonds. The standard InChI is InChI=1S/C13H26/c1-7-8-9-10-13(5,6)11-12(2,3)4/h8-9H,7,10-11H2,1-6H3. The summed E-state index contributed by atoms with van der Waals surface area (Å²) in [6.45, 7) is 13.9. The van der Waals surface area contributed by atoms with Crippen molar-refractivity contribution in [3.8, 4) is 0 Å². The molecule has 0 aromatic rings. The van der Waals surface area contributed by atoms with E-state index in [1.807, 2.05) is 0 Å². The van der Waals surface area contributed by atoms with Crippen molar-refractivity contribution in [3.05, 3.63) is 12.2 Å². The second-order valence-corrected chi connectivity index (χ2v) is 5.99. The van der Waals surface area contributed by atoms with E-state index < -0.39 is 0 Å². The lowest BCUT2D eigenvalue weighted by atomic mass is 9.74. The van der Waals surface area contributed by atoms with Crippen LogP contribution in [-0.2, 0) is 0 Å². The Morgan fingerprint density at radius 3 is 1.85 bits per heavy atom. The molecule has 78 valence electrons. The molecular weight excluding hydrogens is 156 g/mol. The Morgan fingerprint density at radius 1 is 0.923 bits per heavy atom. The minimum absolute atomic E-state index is 0.448. The van der Waals surface area contributed by atoms with Crippen LogP contribution < -0.4 is 0 Å². The first-order chi connectivity index (χ1) is 5.77. The van der Waals surface area contributed by atoms with Crippen LogP contribution in [0.25, 0.3) is 0 Å². The lowest BCUT2D eigenvalue weighted by Crippen LogP contribution is -2.19. The minimum atomic E-state index is 0.448. The van der Waals surface area contributed by atoms with Gasteiger partial charge in [0.2, 0.25) is 0 Å². The largest absolute Gasteiger partial charge is 0.0888 e. The van der Waals surface area contributed by atoms with Gasteiger partial charge in [0, 0.05) is 0 Å². The Balaban J connectivity index is 4.01. The minimum Gasteiger partial charge on any atom is -0.0888 e. The van der Waals surface area contributed by atoms with E-state index in [1.54, 1.807) is 0 Å². The SMILES string of the molecule is CCC=CCC(C)(C)CC(C)(C)C. The number of hydrogen-bond acceptors (Lipinski definition) is 0. The smallest absolute Gasteiger partial charge is 0.0299 e. The average molecular weight is 182 g/mol. The zero-order valence-corrected chi connectivity index (χ0v) is 10.3. The third-order valence-corrected chi connectivity index (χ3v) is 2.08. The summed E-state index contributed by atoms with van der Waals surface area (Å²) in [5.74, 6) is 0. The first-order valence-corrected chi connectivity index (χ1v) is 5.42. The highest BCUT2D eigenvalue weighted by molar-refractivity contribution is 4.88. The Bertz CT molecular complexity index is 155. The summed E-state index contributed by atoms with van der Waals surface area (Å²) in [6.07, 6.45) is 8.24. The van der Waals surface area contributed by atoms with E-state index in [0.717, 1.165) is 6.42 Å². The maximum atomic E-state index is 2.36. The Kier molecular flexibility index (Phi) is 4.74. The normalized spacial score (nSPS) is 14.0. The molecule has 0 aromatic carbocycles. The van der Waals surface area contributed by atoms with Gasteiger partial charge in [-0.3, -0.25) is 0 Å². The Labute approximate surface area is 84.4 Å². The predicted octanol–water partition coefficient (Wildman–Crippen LogP) is 4.81. The maximum absolute atomic E-state index is 2.36. The highest BCUT2D eigenvalue weighted by Crippen LogP contribution is 2.35. The summed E-state index contributed by atoms with van der Waals surface area (Å²) in [5.41, 5.74) is 0.896. The van der Waals surface area contributed by atoms with Crippen molar-refractivity contribution in [1.29, 1.82) is 0 Å². The molecule has 0 saturated carbocycles. The quantitative estimate of drug-likeness (QED) is 0.548. The second kappa shape index (κ2) is 4.83. The van der Waals surface area contributed by atoms with Gasteiger partial charge in [0.15, 0.2) is 0 Å². The van der Waals surface area contributed by atoms with Gasteiger partial charge in [-0.2, -0.15) is 0 Å². The molecule has 0 nitrogen and oxygen atoms in total. The van der Waals surface area contributed by atoms with E-state index in [2.05, 4.69) is 53.7 Å². The van der Waals surface area contributed by atoms with Crippen LogP contribution in [0.3, 0.4) is 0 Å². The molecule has 0 spiro atoms. The first-order valence-electron chi connectivity index (χ1n) is 5.42. The first kappa shape index (κ1) is 12.7. The van der Waals surface area contributed by atoms with Crippen molar-refractivity contribution in [1.82, 2.24) is 0 Å². The van der Waals surface area contributed by atoms with Gasteiger partial charge in [-0.05, 0) is 30.1 Å². The van der Waals surface area contributed by atoms with Crippen molar-refractivity contribution in [2.24, 2.45) is 10.8 Å². The Morgan fingerprint density at radius 2 is 1.46 bits per heavy atom. The van der Waals surface area contributed by atoms with E-state index in [-0.39, 0.29) is 0 Å². The third-order valence-electron chi connectivity index (χ3n) is 2.08. The summed E-state index contributed by atoms with van der Waals surface area (Å²) < 4.78 is 0. The molecule has 0 aliphatic carbocycles. The van der Waals surface area contributed by atoms with E-state index in [0.29, 0.717) is 10.8 Å². The fourth-order valence-corrected chi connectivity index (χ4v) is 2.08. The fraction of sp³-hybridized carbons (Fsp3) is 0.846. The summed E-state index contributed by atoms with van der Waals surface area (Å²) in [6, 6.07) is 0. The topological polar surface area (TPSA) is 0 Å². The monoisotopic (exact) mass is 182 g/mol. The molecule has 0 saturated heterocycles. The van der Waals surface area contributed by atoms with Crippen molar-refractivity contribution in [2.45, 2.75) is 60.8 Å². The summed E-state index contributed by atoms with van der Waals surface area (Å²) in [5, 5.41) is 0. The van der Waals surface area contributed by atoms with E-state index in [9.17, 15) is 0 Å². The number of rotatable bonds is 4. The molecule has 13 heavy (non-hydrogen) atoms. The molecule has 0 rings (SSSR count). The number of allylic oxidation sites excluding steroid dienone is 2. The molecule has 0 aliphatic rings. The highest BCUT2D eigenvalue weighted by Gasteiger charge is 2.23. The number of hydrogen-bond donors (Lipinski definition) is 0. The van der Waals surface area contributed by atoms with Crippen LogP contribution in [-0.4, -0.2) is 0 Å². The molecule has 0 aliphatic heterocycles. The van der Waals surface area contributed by atoms with E-state index in [4.69, 9.17) is 0 Å².